The summed E-state index contributed by atoms with van der Waals surface area (Å²) in [5.74, 6) is 4.74. The van der Waals surface area contributed by atoms with Gasteiger partial charge in [-0.1, -0.05) is 43.9 Å². The number of benzene rings is 1. The molecule has 1 atom stereocenters. The van der Waals surface area contributed by atoms with E-state index in [1.807, 2.05) is 30.0 Å². The largest absolute Gasteiger partial charge is 0.480 e. The lowest BCUT2D eigenvalue weighted by Gasteiger charge is -2.32. The van der Waals surface area contributed by atoms with Crippen LogP contribution in [0.25, 0.3) is 0 Å². The number of carbonyl (C=O) groups is 3. The molecule has 1 aliphatic heterocycles. The van der Waals surface area contributed by atoms with Crippen molar-refractivity contribution in [3.05, 3.63) is 35.9 Å². The van der Waals surface area contributed by atoms with Gasteiger partial charge in [0.25, 0.3) is 5.91 Å². The van der Waals surface area contributed by atoms with Crippen molar-refractivity contribution in [2.45, 2.75) is 39.7 Å². The molecular weight excluding hydrogens is 510 g/mol. The lowest BCUT2D eigenvalue weighted by Crippen LogP contribution is -2.46. The fourth-order valence-corrected chi connectivity index (χ4v) is 4.43. The molecular formula is C30H47N5O5. The van der Waals surface area contributed by atoms with Gasteiger partial charge in [0.05, 0.1) is 13.1 Å². The zero-order valence-electron chi connectivity index (χ0n) is 24.4. The molecule has 1 aromatic carbocycles. The highest BCUT2D eigenvalue weighted by Crippen LogP contribution is 2.03. The highest BCUT2D eigenvalue weighted by atomic mass is 16.5. The molecule has 0 saturated carbocycles. The van der Waals surface area contributed by atoms with E-state index < -0.39 is 5.97 Å². The number of carboxylic acid groups (broad SMARTS) is 1. The first-order valence-electron chi connectivity index (χ1n) is 14.4. The summed E-state index contributed by atoms with van der Waals surface area (Å²) in [6.07, 6.45) is 0.682. The van der Waals surface area contributed by atoms with E-state index in [1.165, 1.54) is 0 Å². The lowest BCUT2D eigenvalue weighted by molar-refractivity contribution is -0.142. The maximum atomic E-state index is 12.2. The minimum absolute atomic E-state index is 0.0243. The van der Waals surface area contributed by atoms with E-state index in [0.29, 0.717) is 25.1 Å². The second-order valence-electron chi connectivity index (χ2n) is 10.1. The number of likely N-dealkylation sites (N-methyl/N-ethyl adjacent to an activating group) is 2. The molecule has 2 N–H and O–H groups in total. The molecule has 1 heterocycles. The molecule has 1 unspecified atom stereocenters. The first-order chi connectivity index (χ1) is 19.3. The van der Waals surface area contributed by atoms with Gasteiger partial charge >= 0.3 is 11.9 Å². The summed E-state index contributed by atoms with van der Waals surface area (Å²) in [5, 5.41) is 12.2. The van der Waals surface area contributed by atoms with E-state index in [-0.39, 0.29) is 37.5 Å². The Morgan fingerprint density at radius 1 is 0.875 bits per heavy atom. The van der Waals surface area contributed by atoms with Crippen molar-refractivity contribution in [2.75, 3.05) is 85.1 Å². The summed E-state index contributed by atoms with van der Waals surface area (Å²) < 4.78 is 5.27. The van der Waals surface area contributed by atoms with Crippen LogP contribution < -0.4 is 5.32 Å². The second-order valence-corrected chi connectivity index (χ2v) is 10.1. The molecule has 10 nitrogen and oxygen atoms in total. The van der Waals surface area contributed by atoms with Crippen LogP contribution in [0.1, 0.15) is 44.0 Å². The minimum Gasteiger partial charge on any atom is -0.480 e. The third-order valence-electron chi connectivity index (χ3n) is 7.11. The molecule has 0 aromatic heterocycles. The zero-order valence-corrected chi connectivity index (χ0v) is 24.4. The van der Waals surface area contributed by atoms with Gasteiger partial charge < -0.3 is 25.0 Å². The molecule has 1 amide bonds. The van der Waals surface area contributed by atoms with Crippen molar-refractivity contribution in [1.82, 2.24) is 24.9 Å². The average Bonchev–Trinajstić information content (AvgIpc) is 2.94. The average molecular weight is 558 g/mol. The number of hydrogen-bond donors (Lipinski definition) is 2. The predicted octanol–water partition coefficient (Wildman–Crippen LogP) is 1.48. The molecule has 0 radical (unpaired) electrons. The van der Waals surface area contributed by atoms with Crippen molar-refractivity contribution in [1.29, 1.82) is 0 Å². The van der Waals surface area contributed by atoms with E-state index in [4.69, 9.17) is 4.74 Å². The number of aliphatic carboxylic acids is 1. The Morgan fingerprint density at radius 3 is 1.98 bits per heavy atom. The maximum absolute atomic E-state index is 12.2. The van der Waals surface area contributed by atoms with Crippen LogP contribution in [0.5, 0.6) is 0 Å². The van der Waals surface area contributed by atoms with Crippen LogP contribution in [-0.4, -0.2) is 134 Å². The summed E-state index contributed by atoms with van der Waals surface area (Å²) in [7, 11) is 0. The second kappa shape index (κ2) is 19.2. The number of carbonyl (C=O) groups excluding carboxylic acids is 2. The molecule has 222 valence electrons. The SMILES string of the molecule is CCN1CCN(CC)CCN(CC(=O)O)CCN(CC#CCOC(=O)CCC(C)NC(=O)c2ccccc2)CC1. The van der Waals surface area contributed by atoms with Crippen LogP contribution >= 0.6 is 0 Å². The van der Waals surface area contributed by atoms with Gasteiger partial charge in [-0.05, 0) is 38.6 Å². The fraction of sp³-hybridized carbons (Fsp3) is 0.633. The molecule has 1 saturated heterocycles. The summed E-state index contributed by atoms with van der Waals surface area (Å²) >= 11 is 0. The fourth-order valence-electron chi connectivity index (χ4n) is 4.43. The Labute approximate surface area is 239 Å². The smallest absolute Gasteiger partial charge is 0.317 e. The Bertz CT molecular complexity index is 964. The van der Waals surface area contributed by atoms with Crippen molar-refractivity contribution >= 4 is 17.8 Å². The molecule has 0 aliphatic carbocycles. The van der Waals surface area contributed by atoms with Gasteiger partial charge in [-0.2, -0.15) is 0 Å². The van der Waals surface area contributed by atoms with Gasteiger partial charge in [0.2, 0.25) is 0 Å². The number of ether oxygens (including phenoxy) is 1. The highest BCUT2D eigenvalue weighted by Gasteiger charge is 2.17. The van der Waals surface area contributed by atoms with Crippen molar-refractivity contribution in [3.63, 3.8) is 0 Å². The number of hydrogen-bond acceptors (Lipinski definition) is 8. The molecule has 2 rings (SSSR count). The van der Waals surface area contributed by atoms with Crippen LogP contribution in [0.4, 0.5) is 0 Å². The van der Waals surface area contributed by atoms with E-state index >= 15 is 0 Å². The quantitative estimate of drug-likeness (QED) is 0.309. The van der Waals surface area contributed by atoms with Crippen molar-refractivity contribution in [2.24, 2.45) is 0 Å². The van der Waals surface area contributed by atoms with Crippen LogP contribution in [0.15, 0.2) is 30.3 Å². The Kier molecular flexibility index (Phi) is 15.9. The third-order valence-corrected chi connectivity index (χ3v) is 7.11. The summed E-state index contributed by atoms with van der Waals surface area (Å²) in [4.78, 5) is 44.8. The van der Waals surface area contributed by atoms with E-state index in [2.05, 4.69) is 45.7 Å². The number of nitrogens with one attached hydrogen (secondary N) is 1. The summed E-state index contributed by atoms with van der Waals surface area (Å²) in [6.45, 7) is 15.3. The molecule has 1 fully saturated rings. The predicted molar refractivity (Wildman–Crippen MR) is 156 cm³/mol. The Hall–Kier alpha value is -2.97. The first-order valence-corrected chi connectivity index (χ1v) is 14.4. The maximum Gasteiger partial charge on any atom is 0.317 e. The van der Waals surface area contributed by atoms with Gasteiger partial charge in [0, 0.05) is 70.4 Å². The summed E-state index contributed by atoms with van der Waals surface area (Å²) in [6, 6.07) is 8.82. The van der Waals surface area contributed by atoms with Crippen LogP contribution in [-0.2, 0) is 14.3 Å². The molecule has 10 heteroatoms. The number of esters is 1. The lowest BCUT2D eigenvalue weighted by atomic mass is 10.1. The van der Waals surface area contributed by atoms with E-state index in [1.54, 1.807) is 12.1 Å². The number of carboxylic acids is 1. The minimum atomic E-state index is -0.812. The van der Waals surface area contributed by atoms with Crippen LogP contribution in [0.3, 0.4) is 0 Å². The third kappa shape index (κ3) is 13.9. The number of amides is 1. The zero-order chi connectivity index (χ0) is 29.2. The molecule has 1 aromatic rings. The highest BCUT2D eigenvalue weighted by molar-refractivity contribution is 5.94. The molecule has 1 aliphatic rings. The van der Waals surface area contributed by atoms with E-state index in [0.717, 1.165) is 58.9 Å². The van der Waals surface area contributed by atoms with Gasteiger partial charge in [0.15, 0.2) is 6.61 Å². The summed E-state index contributed by atoms with van der Waals surface area (Å²) in [5.41, 5.74) is 0.588. The first kappa shape index (κ1) is 33.2. The van der Waals surface area contributed by atoms with Crippen LogP contribution in [0.2, 0.25) is 0 Å². The Balaban J connectivity index is 1.79. The number of rotatable bonds is 11. The Morgan fingerprint density at radius 2 is 1.43 bits per heavy atom. The van der Waals surface area contributed by atoms with E-state index in [9.17, 15) is 19.5 Å². The number of nitrogens with zero attached hydrogens (tertiary/aromatic N) is 4. The van der Waals surface area contributed by atoms with Gasteiger partial charge in [0.1, 0.15) is 0 Å². The van der Waals surface area contributed by atoms with Gasteiger partial charge in [-0.15, -0.1) is 0 Å². The van der Waals surface area contributed by atoms with Crippen LogP contribution in [0, 0.1) is 11.8 Å². The topological polar surface area (TPSA) is 106 Å². The molecule has 0 spiro atoms. The van der Waals surface area contributed by atoms with Crippen molar-refractivity contribution < 1.29 is 24.2 Å². The normalized spacial score (nSPS) is 17.5. The monoisotopic (exact) mass is 557 g/mol. The van der Waals surface area contributed by atoms with Gasteiger partial charge in [-0.25, -0.2) is 0 Å². The standard InChI is InChI=1S/C30H47N5O5/c1-4-32-16-17-33(5-2)19-22-35(25-28(36)37)23-21-34(20-18-32)15-9-10-24-40-29(38)14-13-26(3)31-30(39)27-11-7-6-8-12-27/h6-8,11-12,26H,4-5,13-25H2,1-3H3,(H,31,39)(H,36,37). The van der Waals surface area contributed by atoms with Crippen molar-refractivity contribution in [3.8, 4) is 11.8 Å². The van der Waals surface area contributed by atoms with Gasteiger partial charge in [-0.3, -0.25) is 24.2 Å². The molecule has 40 heavy (non-hydrogen) atoms. The molecule has 0 bridgehead atoms.